The van der Waals surface area contributed by atoms with Crippen LogP contribution in [-0.4, -0.2) is 0 Å². The van der Waals surface area contributed by atoms with Crippen molar-refractivity contribution in [3.8, 4) is 0 Å². The summed E-state index contributed by atoms with van der Waals surface area (Å²) in [4.78, 5) is 0. The van der Waals surface area contributed by atoms with Crippen LogP contribution in [0.4, 0.5) is 0 Å². The molecule has 0 bridgehead atoms. The zero-order valence-electron chi connectivity index (χ0n) is 3.47. The second-order valence-corrected chi connectivity index (χ2v) is 1.98. The van der Waals surface area contributed by atoms with Gasteiger partial charge in [-0.25, -0.2) is 0 Å². The normalized spacial score (nSPS) is 11.7. The van der Waals surface area contributed by atoms with E-state index in [1.807, 2.05) is 0 Å². The fraction of sp³-hybridized carbons (Fsp3) is 0. The van der Waals surface area contributed by atoms with E-state index in [2.05, 4.69) is 0 Å². The Morgan fingerprint density at radius 2 is 1.43 bits per heavy atom. The van der Waals surface area contributed by atoms with Crippen molar-refractivity contribution in [1.82, 2.24) is 0 Å². The van der Waals surface area contributed by atoms with Crippen LogP contribution in [-0.2, 0) is 0 Å². The Kier molecular flexibility index (Phi) is 6.79. The number of hydrogen-bond acceptors (Lipinski definition) is 1. The molecule has 0 aliphatic rings. The highest BCUT2D eigenvalue weighted by Gasteiger charge is 1.63. The summed E-state index contributed by atoms with van der Waals surface area (Å²) in [5.41, 5.74) is 2.86. The number of thioether (sulfide) groups is 1. The molecular formula is C4H4Cl2S. The minimum atomic E-state index is 1.43. The summed E-state index contributed by atoms with van der Waals surface area (Å²) >= 11 is 11.7. The van der Waals surface area contributed by atoms with Gasteiger partial charge in [0.25, 0.3) is 0 Å². The van der Waals surface area contributed by atoms with Gasteiger partial charge < -0.3 is 0 Å². The maximum atomic E-state index is 5.16. The van der Waals surface area contributed by atoms with Crippen LogP contribution >= 0.6 is 35.0 Å². The maximum Gasteiger partial charge on any atom is 0.0109 e. The number of halogens is 2. The molecule has 0 N–H and O–H groups in total. The molecule has 0 fully saturated rings. The van der Waals surface area contributed by atoms with E-state index < -0.39 is 0 Å². The maximum absolute atomic E-state index is 5.16. The lowest BCUT2D eigenvalue weighted by atomic mass is 11.2. The molecule has 0 atom stereocenters. The van der Waals surface area contributed by atoms with Gasteiger partial charge in [-0.2, -0.15) is 0 Å². The molecule has 0 radical (unpaired) electrons. The summed E-state index contributed by atoms with van der Waals surface area (Å²) in [5.74, 6) is 0. The summed E-state index contributed by atoms with van der Waals surface area (Å²) in [7, 11) is 0. The molecule has 0 amide bonds. The Balaban J connectivity index is 2.98. The van der Waals surface area contributed by atoms with Crippen molar-refractivity contribution in [2.24, 2.45) is 0 Å². The predicted molar refractivity (Wildman–Crippen MR) is 37.6 cm³/mol. The minimum Gasteiger partial charge on any atom is -0.104 e. The lowest BCUT2D eigenvalue weighted by Crippen LogP contribution is -1.34. The second kappa shape index (κ2) is 6.41. The van der Waals surface area contributed by atoms with E-state index in [1.165, 1.54) is 22.8 Å². The summed E-state index contributed by atoms with van der Waals surface area (Å²) in [6, 6.07) is 0. The van der Waals surface area contributed by atoms with Gasteiger partial charge in [0.05, 0.1) is 0 Å². The first kappa shape index (κ1) is 7.41. The third-order valence-electron chi connectivity index (χ3n) is 0.260. The van der Waals surface area contributed by atoms with E-state index in [4.69, 9.17) is 23.2 Å². The molecule has 0 heterocycles. The van der Waals surface area contributed by atoms with Crippen LogP contribution < -0.4 is 0 Å². The fourth-order valence-corrected chi connectivity index (χ4v) is 0.671. The molecule has 0 saturated carbocycles. The minimum absolute atomic E-state index is 1.43. The Labute approximate surface area is 57.2 Å². The van der Waals surface area contributed by atoms with Gasteiger partial charge >= 0.3 is 0 Å². The first-order chi connectivity index (χ1) is 3.41. The lowest BCUT2D eigenvalue weighted by Gasteiger charge is -1.71. The van der Waals surface area contributed by atoms with E-state index in [0.29, 0.717) is 0 Å². The molecule has 0 nitrogen and oxygen atoms in total. The van der Waals surface area contributed by atoms with Crippen LogP contribution in [0, 0.1) is 0 Å². The molecule has 0 aromatic carbocycles. The first-order valence-corrected chi connectivity index (χ1v) is 3.39. The molecular weight excluding hydrogens is 151 g/mol. The van der Waals surface area contributed by atoms with Crippen molar-refractivity contribution in [3.05, 3.63) is 21.9 Å². The van der Waals surface area contributed by atoms with Crippen molar-refractivity contribution < 1.29 is 0 Å². The quantitative estimate of drug-likeness (QED) is 0.590. The van der Waals surface area contributed by atoms with Crippen molar-refractivity contribution in [3.63, 3.8) is 0 Å². The summed E-state index contributed by atoms with van der Waals surface area (Å²) in [5, 5.41) is 3.45. The summed E-state index contributed by atoms with van der Waals surface area (Å²) < 4.78 is 0. The third kappa shape index (κ3) is 6.41. The molecule has 0 aliphatic heterocycles. The highest BCUT2D eigenvalue weighted by Crippen LogP contribution is 2.04. The summed E-state index contributed by atoms with van der Waals surface area (Å²) in [6.07, 6.45) is 0. The Morgan fingerprint density at radius 1 is 1.00 bits per heavy atom. The van der Waals surface area contributed by atoms with E-state index >= 15 is 0 Å². The molecule has 0 unspecified atom stereocenters. The van der Waals surface area contributed by atoms with Crippen LogP contribution in [0.15, 0.2) is 21.9 Å². The average molecular weight is 155 g/mol. The molecule has 0 aliphatic carbocycles. The standard InChI is InChI=1S/C4H4Cl2S/c5-1-3-7-4-2-6/h1-4H. The van der Waals surface area contributed by atoms with Crippen LogP contribution in [0.1, 0.15) is 0 Å². The zero-order valence-corrected chi connectivity index (χ0v) is 5.80. The monoisotopic (exact) mass is 154 g/mol. The molecule has 40 valence electrons. The van der Waals surface area contributed by atoms with Crippen molar-refractivity contribution >= 4 is 35.0 Å². The average Bonchev–Trinajstić information content (AvgIpc) is 1.69. The Bertz CT molecular complexity index is 67.8. The fourth-order valence-electron chi connectivity index (χ4n) is 0.105. The topological polar surface area (TPSA) is 0 Å². The smallest absolute Gasteiger partial charge is 0.0109 e. The van der Waals surface area contributed by atoms with Gasteiger partial charge in [0.2, 0.25) is 0 Å². The number of hydrogen-bond donors (Lipinski definition) is 0. The molecule has 0 aromatic rings. The number of rotatable bonds is 2. The van der Waals surface area contributed by atoms with Gasteiger partial charge in [0.1, 0.15) is 0 Å². The van der Waals surface area contributed by atoms with Crippen molar-refractivity contribution in [2.45, 2.75) is 0 Å². The van der Waals surface area contributed by atoms with E-state index in [0.717, 1.165) is 0 Å². The van der Waals surface area contributed by atoms with Crippen molar-refractivity contribution in [2.75, 3.05) is 0 Å². The van der Waals surface area contributed by atoms with Gasteiger partial charge in [0.15, 0.2) is 0 Å². The van der Waals surface area contributed by atoms with Crippen LogP contribution in [0.3, 0.4) is 0 Å². The van der Waals surface area contributed by atoms with Gasteiger partial charge in [-0.15, -0.1) is 11.8 Å². The molecule has 0 saturated heterocycles. The Hall–Kier alpha value is 0.410. The van der Waals surface area contributed by atoms with E-state index in [-0.39, 0.29) is 0 Å². The van der Waals surface area contributed by atoms with Gasteiger partial charge in [-0.1, -0.05) is 23.2 Å². The second-order valence-electron chi connectivity index (χ2n) is 0.660. The van der Waals surface area contributed by atoms with Crippen LogP contribution in [0.5, 0.6) is 0 Å². The van der Waals surface area contributed by atoms with E-state index in [1.54, 1.807) is 10.8 Å². The highest BCUT2D eigenvalue weighted by molar-refractivity contribution is 8.04. The van der Waals surface area contributed by atoms with Gasteiger partial charge in [-0.3, -0.25) is 0 Å². The molecule has 3 heteroatoms. The molecule has 0 rings (SSSR count). The molecule has 0 aromatic heterocycles. The van der Waals surface area contributed by atoms with E-state index in [9.17, 15) is 0 Å². The van der Waals surface area contributed by atoms with Gasteiger partial charge in [-0.05, 0) is 10.8 Å². The highest BCUT2D eigenvalue weighted by atomic mass is 35.5. The zero-order chi connectivity index (χ0) is 5.54. The van der Waals surface area contributed by atoms with Gasteiger partial charge in [0, 0.05) is 11.1 Å². The van der Waals surface area contributed by atoms with Crippen LogP contribution in [0.25, 0.3) is 0 Å². The van der Waals surface area contributed by atoms with Crippen LogP contribution in [0.2, 0.25) is 0 Å². The lowest BCUT2D eigenvalue weighted by molar-refractivity contribution is 2.46. The molecule has 7 heavy (non-hydrogen) atoms. The summed E-state index contributed by atoms with van der Waals surface area (Å²) in [6.45, 7) is 0. The largest absolute Gasteiger partial charge is 0.104 e. The SMILES string of the molecule is ClC=CSC=CCl. The first-order valence-electron chi connectivity index (χ1n) is 1.57. The third-order valence-corrected chi connectivity index (χ3v) is 1.40. The molecule has 0 spiro atoms. The Morgan fingerprint density at radius 3 is 1.71 bits per heavy atom. The van der Waals surface area contributed by atoms with Crippen molar-refractivity contribution in [1.29, 1.82) is 0 Å². The predicted octanol–water partition coefficient (Wildman–Crippen LogP) is 3.14.